The molecule has 1 heterocycles. The molecule has 0 radical (unpaired) electrons. The molecule has 2 unspecified atom stereocenters. The third-order valence-corrected chi connectivity index (χ3v) is 6.71. The highest BCUT2D eigenvalue weighted by molar-refractivity contribution is 9.11. The van der Waals surface area contributed by atoms with E-state index in [4.69, 9.17) is 5.73 Å². The van der Waals surface area contributed by atoms with Gasteiger partial charge in [-0.25, -0.2) is 0 Å². The van der Waals surface area contributed by atoms with Crippen molar-refractivity contribution in [1.29, 1.82) is 0 Å². The molecule has 0 fully saturated rings. The van der Waals surface area contributed by atoms with Gasteiger partial charge >= 0.3 is 0 Å². The number of halogens is 1. The Hall–Kier alpha value is -0.290. The van der Waals surface area contributed by atoms with Crippen LogP contribution >= 0.6 is 39.0 Å². The molecule has 1 nitrogen and oxygen atoms in total. The van der Waals surface area contributed by atoms with Gasteiger partial charge < -0.3 is 5.73 Å². The van der Waals surface area contributed by atoms with E-state index >= 15 is 0 Å². The van der Waals surface area contributed by atoms with Crippen LogP contribution in [-0.4, -0.2) is 6.04 Å². The minimum absolute atomic E-state index is 0.203. The number of aryl methyl sites for hydroxylation is 1. The van der Waals surface area contributed by atoms with Crippen LogP contribution in [0.1, 0.15) is 34.6 Å². The van der Waals surface area contributed by atoms with Gasteiger partial charge in [0.25, 0.3) is 0 Å². The van der Waals surface area contributed by atoms with Crippen molar-refractivity contribution in [3.63, 3.8) is 0 Å². The summed E-state index contributed by atoms with van der Waals surface area (Å²) in [7, 11) is 0. The molecule has 0 saturated carbocycles. The van der Waals surface area contributed by atoms with Gasteiger partial charge in [-0.2, -0.15) is 0 Å². The van der Waals surface area contributed by atoms with E-state index in [2.05, 4.69) is 66.2 Å². The summed E-state index contributed by atoms with van der Waals surface area (Å²) >= 11 is 7.29. The predicted molar refractivity (Wildman–Crippen MR) is 95.5 cm³/mol. The summed E-state index contributed by atoms with van der Waals surface area (Å²) < 4.78 is 1.18. The van der Waals surface area contributed by atoms with Gasteiger partial charge in [0.2, 0.25) is 0 Å². The third-order valence-electron chi connectivity index (χ3n) is 3.41. The first-order chi connectivity index (χ1) is 9.61. The van der Waals surface area contributed by atoms with Gasteiger partial charge in [-0.15, -0.1) is 23.1 Å². The maximum atomic E-state index is 6.33. The lowest BCUT2D eigenvalue weighted by Gasteiger charge is -2.21. The van der Waals surface area contributed by atoms with Crippen molar-refractivity contribution in [2.75, 3.05) is 0 Å². The fourth-order valence-electron chi connectivity index (χ4n) is 2.06. The molecule has 1 aromatic heterocycles. The average molecular weight is 370 g/mol. The predicted octanol–water partition coefficient (Wildman–Crippen LogP) is 5.53. The van der Waals surface area contributed by atoms with Crippen molar-refractivity contribution < 1.29 is 0 Å². The van der Waals surface area contributed by atoms with Crippen LogP contribution in [0.15, 0.2) is 40.2 Å². The topological polar surface area (TPSA) is 26.0 Å². The Morgan fingerprint density at radius 3 is 2.60 bits per heavy atom. The fourth-order valence-corrected chi connectivity index (χ4v) is 5.26. The van der Waals surface area contributed by atoms with E-state index in [1.54, 1.807) is 11.3 Å². The van der Waals surface area contributed by atoms with Gasteiger partial charge in [-0.1, -0.05) is 31.2 Å². The monoisotopic (exact) mass is 369 g/mol. The molecule has 0 amide bonds. The maximum absolute atomic E-state index is 6.33. The smallest absolute Gasteiger partial charge is 0.0701 e. The van der Waals surface area contributed by atoms with Crippen LogP contribution in [0.2, 0.25) is 0 Å². The molecular formula is C16H20BrNS2. The number of thiophene rings is 1. The van der Waals surface area contributed by atoms with E-state index in [1.807, 2.05) is 11.8 Å². The molecular weight excluding hydrogens is 350 g/mol. The van der Waals surface area contributed by atoms with E-state index in [0.717, 1.165) is 12.2 Å². The standard InChI is InChI=1S/C16H20BrNS2/c1-3-13(18)16(14-8-9-15(17)20-14)19-10-12-7-5-4-6-11(12)2/h4-9,13,16H,3,10,18H2,1-2H3. The van der Waals surface area contributed by atoms with Gasteiger partial charge in [0.1, 0.15) is 0 Å². The maximum Gasteiger partial charge on any atom is 0.0701 e. The molecule has 0 spiro atoms. The van der Waals surface area contributed by atoms with E-state index in [1.165, 1.54) is 19.8 Å². The summed E-state index contributed by atoms with van der Waals surface area (Å²) in [5.74, 6) is 1.01. The molecule has 2 atom stereocenters. The van der Waals surface area contributed by atoms with Crippen LogP contribution in [0.4, 0.5) is 0 Å². The lowest BCUT2D eigenvalue weighted by Crippen LogP contribution is -2.25. The van der Waals surface area contributed by atoms with Crippen molar-refractivity contribution in [2.24, 2.45) is 5.73 Å². The molecule has 0 aliphatic rings. The summed E-state index contributed by atoms with van der Waals surface area (Å²) in [5.41, 5.74) is 9.09. The van der Waals surface area contributed by atoms with Gasteiger partial charge in [0.05, 0.1) is 9.04 Å². The van der Waals surface area contributed by atoms with Crippen LogP contribution in [-0.2, 0) is 5.75 Å². The van der Waals surface area contributed by atoms with Crippen molar-refractivity contribution in [3.05, 3.63) is 56.2 Å². The molecule has 0 bridgehead atoms. The lowest BCUT2D eigenvalue weighted by atomic mass is 10.1. The summed E-state index contributed by atoms with van der Waals surface area (Å²) in [6.07, 6.45) is 1.00. The second kappa shape index (κ2) is 7.64. The summed E-state index contributed by atoms with van der Waals surface area (Å²) in [6, 6.07) is 13.1. The minimum Gasteiger partial charge on any atom is -0.326 e. The molecule has 0 saturated heterocycles. The molecule has 0 aliphatic heterocycles. The second-order valence-electron chi connectivity index (χ2n) is 4.87. The van der Waals surface area contributed by atoms with E-state index < -0.39 is 0 Å². The third kappa shape index (κ3) is 4.10. The van der Waals surface area contributed by atoms with E-state index in [-0.39, 0.29) is 6.04 Å². The Kier molecular flexibility index (Phi) is 6.15. The molecule has 2 rings (SSSR count). The van der Waals surface area contributed by atoms with Crippen molar-refractivity contribution >= 4 is 39.0 Å². The van der Waals surface area contributed by atoms with Gasteiger partial charge in [0, 0.05) is 16.7 Å². The molecule has 0 aliphatic carbocycles. The first-order valence-electron chi connectivity index (χ1n) is 6.78. The van der Waals surface area contributed by atoms with Crippen LogP contribution in [0.5, 0.6) is 0 Å². The summed E-state index contributed by atoms with van der Waals surface area (Å²) in [5, 5.41) is 0.371. The van der Waals surface area contributed by atoms with Crippen LogP contribution in [0.3, 0.4) is 0 Å². The highest BCUT2D eigenvalue weighted by Gasteiger charge is 2.21. The number of benzene rings is 1. The number of nitrogens with two attached hydrogens (primary N) is 1. The van der Waals surface area contributed by atoms with Crippen molar-refractivity contribution in [3.8, 4) is 0 Å². The zero-order valence-corrected chi connectivity index (χ0v) is 15.0. The van der Waals surface area contributed by atoms with Crippen LogP contribution in [0.25, 0.3) is 0 Å². The van der Waals surface area contributed by atoms with Crippen LogP contribution in [0, 0.1) is 6.92 Å². The number of hydrogen-bond donors (Lipinski definition) is 1. The Balaban J connectivity index is 2.11. The highest BCUT2D eigenvalue weighted by atomic mass is 79.9. The Morgan fingerprint density at radius 2 is 2.00 bits per heavy atom. The average Bonchev–Trinajstić information content (AvgIpc) is 2.87. The fraction of sp³-hybridized carbons (Fsp3) is 0.375. The minimum atomic E-state index is 0.203. The second-order valence-corrected chi connectivity index (χ2v) is 8.50. The number of hydrogen-bond acceptors (Lipinski definition) is 3. The molecule has 2 N–H and O–H groups in total. The molecule has 4 heteroatoms. The quantitative estimate of drug-likeness (QED) is 0.723. The number of thioether (sulfide) groups is 1. The van der Waals surface area contributed by atoms with Gasteiger partial charge in [-0.3, -0.25) is 0 Å². The Bertz CT molecular complexity index is 553. The molecule has 1 aromatic carbocycles. The highest BCUT2D eigenvalue weighted by Crippen LogP contribution is 2.40. The van der Waals surface area contributed by atoms with E-state index in [9.17, 15) is 0 Å². The first-order valence-corrected chi connectivity index (χ1v) is 9.44. The van der Waals surface area contributed by atoms with Gasteiger partial charge in [-0.05, 0) is 52.5 Å². The molecule has 108 valence electrons. The number of rotatable bonds is 6. The largest absolute Gasteiger partial charge is 0.326 e. The zero-order valence-electron chi connectivity index (χ0n) is 11.8. The Morgan fingerprint density at radius 1 is 1.25 bits per heavy atom. The first kappa shape index (κ1) is 16.1. The summed E-state index contributed by atoms with van der Waals surface area (Å²) in [6.45, 7) is 4.33. The van der Waals surface area contributed by atoms with Crippen molar-refractivity contribution in [1.82, 2.24) is 0 Å². The SMILES string of the molecule is CCC(N)C(SCc1ccccc1C)c1ccc(Br)s1. The van der Waals surface area contributed by atoms with E-state index in [0.29, 0.717) is 5.25 Å². The normalized spacial score (nSPS) is 14.2. The zero-order chi connectivity index (χ0) is 14.5. The Labute approximate surface area is 138 Å². The summed E-state index contributed by atoms with van der Waals surface area (Å²) in [4.78, 5) is 1.37. The van der Waals surface area contributed by atoms with Gasteiger partial charge in [0.15, 0.2) is 0 Å². The molecule has 20 heavy (non-hydrogen) atoms. The lowest BCUT2D eigenvalue weighted by molar-refractivity contribution is 0.640. The van der Waals surface area contributed by atoms with Crippen LogP contribution < -0.4 is 5.73 Å². The van der Waals surface area contributed by atoms with Crippen molar-refractivity contribution in [2.45, 2.75) is 37.3 Å². The molecule has 2 aromatic rings.